The van der Waals surface area contributed by atoms with Crippen LogP contribution in [0.2, 0.25) is 0 Å². The van der Waals surface area contributed by atoms with Gasteiger partial charge in [0.15, 0.2) is 0 Å². The highest BCUT2D eigenvalue weighted by Crippen LogP contribution is 2.48. The lowest BCUT2D eigenvalue weighted by atomic mass is 9.89. The van der Waals surface area contributed by atoms with E-state index in [9.17, 15) is 0 Å². The van der Waals surface area contributed by atoms with E-state index in [1.54, 1.807) is 7.11 Å². The summed E-state index contributed by atoms with van der Waals surface area (Å²) in [6, 6.07) is 0. The molecule has 104 valence electrons. The van der Waals surface area contributed by atoms with Gasteiger partial charge in [-0.3, -0.25) is 10.4 Å². The minimum atomic E-state index is 0.717. The van der Waals surface area contributed by atoms with Crippen LogP contribution in [0.5, 0.6) is 0 Å². The van der Waals surface area contributed by atoms with Gasteiger partial charge in [-0.25, -0.2) is 5.84 Å². The quantitative estimate of drug-likeness (QED) is 0.216. The topological polar surface area (TPSA) is 71.7 Å². The zero-order valence-corrected chi connectivity index (χ0v) is 11.3. The third-order valence-electron chi connectivity index (χ3n) is 4.32. The van der Waals surface area contributed by atoms with Crippen molar-refractivity contribution in [3.63, 3.8) is 0 Å². The summed E-state index contributed by atoms with van der Waals surface area (Å²) < 4.78 is 5.00. The van der Waals surface area contributed by atoms with Crippen LogP contribution in [-0.4, -0.2) is 32.8 Å². The molecule has 2 rings (SSSR count). The molecule has 18 heavy (non-hydrogen) atoms. The number of hydrogen-bond donors (Lipinski definition) is 3. The van der Waals surface area contributed by atoms with Gasteiger partial charge < -0.3 is 10.1 Å². The van der Waals surface area contributed by atoms with Crippen molar-refractivity contribution in [1.29, 1.82) is 0 Å². The van der Waals surface area contributed by atoms with Gasteiger partial charge in [0, 0.05) is 26.8 Å². The van der Waals surface area contributed by atoms with Gasteiger partial charge in [0.2, 0.25) is 5.96 Å². The van der Waals surface area contributed by atoms with Crippen molar-refractivity contribution < 1.29 is 4.74 Å². The van der Waals surface area contributed by atoms with Gasteiger partial charge in [-0.15, -0.1) is 0 Å². The molecule has 2 fully saturated rings. The average molecular weight is 254 g/mol. The standard InChI is InChI=1S/C13H26N4O/c1-18-6-2-5-15-13(17-14)16-9-12-8-10-3-4-11(12)7-10/h10-12H,2-9,14H2,1H3,(H2,15,16,17). The van der Waals surface area contributed by atoms with E-state index in [-0.39, 0.29) is 0 Å². The largest absolute Gasteiger partial charge is 0.385 e. The van der Waals surface area contributed by atoms with Crippen LogP contribution in [0, 0.1) is 17.8 Å². The molecule has 5 nitrogen and oxygen atoms in total. The van der Waals surface area contributed by atoms with Gasteiger partial charge in [-0.05, 0) is 43.4 Å². The molecule has 0 amide bonds. The smallest absolute Gasteiger partial charge is 0.205 e. The maximum Gasteiger partial charge on any atom is 0.205 e. The van der Waals surface area contributed by atoms with E-state index in [1.165, 1.54) is 25.7 Å². The van der Waals surface area contributed by atoms with Crippen LogP contribution in [0.1, 0.15) is 32.1 Å². The minimum absolute atomic E-state index is 0.717. The number of guanidine groups is 1. The van der Waals surface area contributed by atoms with Crippen molar-refractivity contribution in [3.05, 3.63) is 0 Å². The third-order valence-corrected chi connectivity index (χ3v) is 4.32. The summed E-state index contributed by atoms with van der Waals surface area (Å²) in [5, 5.41) is 3.21. The molecule has 4 N–H and O–H groups in total. The molecule has 3 atom stereocenters. The molecule has 0 aromatic rings. The highest BCUT2D eigenvalue weighted by Gasteiger charge is 2.39. The molecule has 0 aliphatic heterocycles. The lowest BCUT2D eigenvalue weighted by Gasteiger charge is -2.20. The van der Waals surface area contributed by atoms with Crippen molar-refractivity contribution in [2.24, 2.45) is 28.6 Å². The van der Waals surface area contributed by atoms with Crippen LogP contribution in [0.3, 0.4) is 0 Å². The van der Waals surface area contributed by atoms with E-state index >= 15 is 0 Å². The zero-order chi connectivity index (χ0) is 12.8. The van der Waals surface area contributed by atoms with E-state index in [1.807, 2.05) is 0 Å². The second-order valence-corrected chi connectivity index (χ2v) is 5.54. The Labute approximate surface area is 110 Å². The third kappa shape index (κ3) is 3.59. The summed E-state index contributed by atoms with van der Waals surface area (Å²) >= 11 is 0. The maximum atomic E-state index is 5.47. The number of hydrazine groups is 1. The molecule has 3 unspecified atom stereocenters. The Morgan fingerprint density at radius 3 is 2.89 bits per heavy atom. The Balaban J connectivity index is 1.69. The highest BCUT2D eigenvalue weighted by atomic mass is 16.5. The summed E-state index contributed by atoms with van der Waals surface area (Å²) in [5.41, 5.74) is 2.65. The molecule has 2 saturated carbocycles. The number of hydrogen-bond acceptors (Lipinski definition) is 3. The summed E-state index contributed by atoms with van der Waals surface area (Å²) in [5.74, 6) is 8.88. The van der Waals surface area contributed by atoms with Gasteiger partial charge in [0.05, 0.1) is 0 Å². The van der Waals surface area contributed by atoms with Crippen LogP contribution in [-0.2, 0) is 4.74 Å². The molecule has 2 aliphatic carbocycles. The lowest BCUT2D eigenvalue weighted by molar-refractivity contribution is 0.195. The van der Waals surface area contributed by atoms with Gasteiger partial charge in [0.25, 0.3) is 0 Å². The Hall–Kier alpha value is -0.810. The number of fused-ring (bicyclic) bond motifs is 2. The molecule has 2 aliphatic rings. The predicted molar refractivity (Wildman–Crippen MR) is 73.1 cm³/mol. The summed E-state index contributed by atoms with van der Waals surface area (Å²) in [4.78, 5) is 4.57. The molecule has 0 aromatic heterocycles. The number of ether oxygens (including phenoxy) is 1. The normalized spacial score (nSPS) is 30.8. The summed E-state index contributed by atoms with van der Waals surface area (Å²) in [7, 11) is 1.71. The minimum Gasteiger partial charge on any atom is -0.385 e. The van der Waals surface area contributed by atoms with E-state index < -0.39 is 0 Å². The molecule has 0 aromatic carbocycles. The molecule has 5 heteroatoms. The van der Waals surface area contributed by atoms with Gasteiger partial charge in [-0.1, -0.05) is 6.42 Å². The fourth-order valence-corrected chi connectivity index (χ4v) is 3.38. The van der Waals surface area contributed by atoms with Crippen molar-refractivity contribution in [2.45, 2.75) is 32.1 Å². The summed E-state index contributed by atoms with van der Waals surface area (Å²) in [6.07, 6.45) is 6.63. The monoisotopic (exact) mass is 254 g/mol. The molecule has 0 radical (unpaired) electrons. The Kier molecular flexibility index (Phi) is 5.26. The van der Waals surface area contributed by atoms with E-state index in [4.69, 9.17) is 10.6 Å². The van der Waals surface area contributed by atoms with Gasteiger partial charge in [-0.2, -0.15) is 0 Å². The van der Waals surface area contributed by atoms with E-state index in [0.29, 0.717) is 5.96 Å². The van der Waals surface area contributed by atoms with Crippen LogP contribution in [0.15, 0.2) is 4.99 Å². The molecule has 0 spiro atoms. The average Bonchev–Trinajstić information content (AvgIpc) is 3.00. The van der Waals surface area contributed by atoms with Crippen LogP contribution < -0.4 is 16.6 Å². The number of nitrogens with two attached hydrogens (primary N) is 1. The molecular formula is C13H26N4O. The fraction of sp³-hybridized carbons (Fsp3) is 0.923. The van der Waals surface area contributed by atoms with Crippen molar-refractivity contribution >= 4 is 5.96 Å². The van der Waals surface area contributed by atoms with Gasteiger partial charge >= 0.3 is 0 Å². The molecular weight excluding hydrogens is 228 g/mol. The Morgan fingerprint density at radius 2 is 2.28 bits per heavy atom. The predicted octanol–water partition coefficient (Wildman–Crippen LogP) is 0.868. The van der Waals surface area contributed by atoms with E-state index in [2.05, 4.69) is 15.7 Å². The molecule has 2 bridgehead atoms. The van der Waals surface area contributed by atoms with Crippen molar-refractivity contribution in [2.75, 3.05) is 26.8 Å². The number of methoxy groups -OCH3 is 1. The van der Waals surface area contributed by atoms with Gasteiger partial charge in [0.1, 0.15) is 0 Å². The fourth-order valence-electron chi connectivity index (χ4n) is 3.38. The first kappa shape index (κ1) is 13.6. The second kappa shape index (κ2) is 6.95. The number of aliphatic imine (C=N–C) groups is 1. The van der Waals surface area contributed by atoms with Crippen molar-refractivity contribution in [1.82, 2.24) is 10.7 Å². The van der Waals surface area contributed by atoms with Crippen LogP contribution >= 0.6 is 0 Å². The van der Waals surface area contributed by atoms with E-state index in [0.717, 1.165) is 43.9 Å². The highest BCUT2D eigenvalue weighted by molar-refractivity contribution is 5.79. The molecule has 0 saturated heterocycles. The molecule has 0 heterocycles. The number of nitrogens with zero attached hydrogens (tertiary/aromatic N) is 1. The Morgan fingerprint density at radius 1 is 1.39 bits per heavy atom. The number of nitrogens with one attached hydrogen (secondary N) is 2. The van der Waals surface area contributed by atoms with Crippen LogP contribution in [0.4, 0.5) is 0 Å². The SMILES string of the molecule is COCCCNC(=NCC1CC2CCC1C2)NN. The lowest BCUT2D eigenvalue weighted by Crippen LogP contribution is -2.42. The number of rotatable bonds is 6. The summed E-state index contributed by atoms with van der Waals surface area (Å²) in [6.45, 7) is 2.52. The first-order chi connectivity index (χ1) is 8.83. The first-order valence-electron chi connectivity index (χ1n) is 7.07. The Bertz CT molecular complexity index is 282. The maximum absolute atomic E-state index is 5.47. The van der Waals surface area contributed by atoms with Crippen LogP contribution in [0.25, 0.3) is 0 Å². The first-order valence-corrected chi connectivity index (χ1v) is 7.07. The van der Waals surface area contributed by atoms with Crippen molar-refractivity contribution in [3.8, 4) is 0 Å². The zero-order valence-electron chi connectivity index (χ0n) is 11.3. The second-order valence-electron chi connectivity index (χ2n) is 5.54.